The number of amides is 1. The summed E-state index contributed by atoms with van der Waals surface area (Å²) in [7, 11) is 0. The highest BCUT2D eigenvalue weighted by atomic mass is 32.2. The molecule has 1 saturated heterocycles. The third kappa shape index (κ3) is 3.87. The second-order valence-electron chi connectivity index (χ2n) is 6.82. The second kappa shape index (κ2) is 7.54. The fourth-order valence-electron chi connectivity index (χ4n) is 4.08. The molecule has 2 aliphatic rings. The zero-order chi connectivity index (χ0) is 15.4. The average Bonchev–Trinajstić information content (AvgIpc) is 2.54. The second-order valence-corrected chi connectivity index (χ2v) is 7.81. The van der Waals surface area contributed by atoms with E-state index in [0.29, 0.717) is 17.7 Å². The van der Waals surface area contributed by atoms with Gasteiger partial charge in [-0.1, -0.05) is 42.7 Å². The SMILES string of the molecule is Cc1cccc(CSCC(=O)N2CCCC3CCCCC32)c1. The minimum atomic E-state index is 0.370. The van der Waals surface area contributed by atoms with E-state index in [1.807, 2.05) is 0 Å². The first-order valence-electron chi connectivity index (χ1n) is 8.67. The van der Waals surface area contributed by atoms with E-state index in [0.717, 1.165) is 18.2 Å². The highest BCUT2D eigenvalue weighted by Gasteiger charge is 2.35. The van der Waals surface area contributed by atoms with Crippen LogP contribution in [-0.4, -0.2) is 29.1 Å². The molecule has 2 fully saturated rings. The maximum atomic E-state index is 12.6. The molecule has 2 atom stereocenters. The lowest BCUT2D eigenvalue weighted by atomic mass is 9.78. The molecule has 0 spiro atoms. The smallest absolute Gasteiger partial charge is 0.232 e. The number of nitrogens with zero attached hydrogens (tertiary/aromatic N) is 1. The van der Waals surface area contributed by atoms with Crippen LogP contribution >= 0.6 is 11.8 Å². The number of carbonyl (C=O) groups is 1. The molecule has 1 aromatic rings. The Morgan fingerprint density at radius 3 is 2.91 bits per heavy atom. The molecule has 2 nitrogen and oxygen atoms in total. The van der Waals surface area contributed by atoms with Crippen LogP contribution in [0.2, 0.25) is 0 Å². The monoisotopic (exact) mass is 317 g/mol. The van der Waals surface area contributed by atoms with E-state index in [1.54, 1.807) is 11.8 Å². The van der Waals surface area contributed by atoms with Crippen molar-refractivity contribution in [2.45, 2.75) is 57.2 Å². The van der Waals surface area contributed by atoms with Gasteiger partial charge in [0, 0.05) is 18.3 Å². The normalized spacial score (nSPS) is 24.9. The molecular weight excluding hydrogens is 290 g/mol. The first-order valence-corrected chi connectivity index (χ1v) is 9.82. The van der Waals surface area contributed by atoms with Gasteiger partial charge in [0.1, 0.15) is 0 Å². The first kappa shape index (κ1) is 15.9. The lowest BCUT2D eigenvalue weighted by Gasteiger charge is -2.44. The summed E-state index contributed by atoms with van der Waals surface area (Å²) in [6.45, 7) is 3.11. The molecule has 22 heavy (non-hydrogen) atoms. The van der Waals surface area contributed by atoms with Crippen LogP contribution in [0.5, 0.6) is 0 Å². The van der Waals surface area contributed by atoms with Gasteiger partial charge in [0.25, 0.3) is 0 Å². The number of fused-ring (bicyclic) bond motifs is 1. The van der Waals surface area contributed by atoms with Gasteiger partial charge in [0.2, 0.25) is 5.91 Å². The largest absolute Gasteiger partial charge is 0.339 e. The van der Waals surface area contributed by atoms with E-state index in [-0.39, 0.29) is 0 Å². The highest BCUT2D eigenvalue weighted by Crippen LogP contribution is 2.35. The summed E-state index contributed by atoms with van der Waals surface area (Å²) >= 11 is 1.76. The Morgan fingerprint density at radius 1 is 1.23 bits per heavy atom. The van der Waals surface area contributed by atoms with Gasteiger partial charge in [0.15, 0.2) is 0 Å². The molecule has 1 saturated carbocycles. The van der Waals surface area contributed by atoms with Gasteiger partial charge in [-0.15, -0.1) is 11.8 Å². The van der Waals surface area contributed by atoms with Crippen LogP contribution in [0.3, 0.4) is 0 Å². The van der Waals surface area contributed by atoms with E-state index in [1.165, 1.54) is 49.7 Å². The summed E-state index contributed by atoms with van der Waals surface area (Å²) in [6.07, 6.45) is 7.79. The third-order valence-electron chi connectivity index (χ3n) is 5.14. The van der Waals surface area contributed by atoms with Crippen molar-refractivity contribution in [3.8, 4) is 0 Å². The minimum Gasteiger partial charge on any atom is -0.339 e. The first-order chi connectivity index (χ1) is 10.7. The predicted octanol–water partition coefficient (Wildman–Crippen LogP) is 4.41. The lowest BCUT2D eigenvalue weighted by molar-refractivity contribution is -0.134. The Hall–Kier alpha value is -0.960. The van der Waals surface area contributed by atoms with E-state index < -0.39 is 0 Å². The molecule has 0 bridgehead atoms. The number of rotatable bonds is 4. The van der Waals surface area contributed by atoms with Gasteiger partial charge in [-0.3, -0.25) is 4.79 Å². The maximum Gasteiger partial charge on any atom is 0.232 e. The third-order valence-corrected chi connectivity index (χ3v) is 6.13. The Labute approximate surface area is 138 Å². The van der Waals surface area contributed by atoms with Gasteiger partial charge in [-0.25, -0.2) is 0 Å². The number of likely N-dealkylation sites (tertiary alicyclic amines) is 1. The molecule has 3 rings (SSSR count). The molecular formula is C19H27NOS. The number of aryl methyl sites for hydroxylation is 1. The van der Waals surface area contributed by atoms with Crippen molar-refractivity contribution in [1.29, 1.82) is 0 Å². The predicted molar refractivity (Wildman–Crippen MR) is 94.0 cm³/mol. The summed E-state index contributed by atoms with van der Waals surface area (Å²) in [5.74, 6) is 2.73. The molecule has 1 aromatic carbocycles. The van der Waals surface area contributed by atoms with E-state index in [9.17, 15) is 4.79 Å². The molecule has 1 heterocycles. The van der Waals surface area contributed by atoms with Crippen molar-refractivity contribution in [3.63, 3.8) is 0 Å². The van der Waals surface area contributed by atoms with Crippen molar-refractivity contribution in [2.75, 3.05) is 12.3 Å². The van der Waals surface area contributed by atoms with Crippen LogP contribution in [0.4, 0.5) is 0 Å². The number of benzene rings is 1. The number of hydrogen-bond acceptors (Lipinski definition) is 2. The van der Waals surface area contributed by atoms with Gasteiger partial charge < -0.3 is 4.90 Å². The zero-order valence-electron chi connectivity index (χ0n) is 13.6. The Morgan fingerprint density at radius 2 is 2.05 bits per heavy atom. The highest BCUT2D eigenvalue weighted by molar-refractivity contribution is 7.99. The Bertz CT molecular complexity index is 514. The lowest BCUT2D eigenvalue weighted by Crippen LogP contribution is -2.50. The van der Waals surface area contributed by atoms with Crippen molar-refractivity contribution in [1.82, 2.24) is 4.90 Å². The van der Waals surface area contributed by atoms with E-state index in [4.69, 9.17) is 0 Å². The number of carbonyl (C=O) groups excluding carboxylic acids is 1. The van der Waals surface area contributed by atoms with Crippen LogP contribution in [0.15, 0.2) is 24.3 Å². The summed E-state index contributed by atoms with van der Waals surface area (Å²) in [5, 5.41) is 0. The van der Waals surface area contributed by atoms with Crippen molar-refractivity contribution in [3.05, 3.63) is 35.4 Å². The summed E-state index contributed by atoms with van der Waals surface area (Å²) < 4.78 is 0. The molecule has 1 aliphatic carbocycles. The molecule has 0 aromatic heterocycles. The van der Waals surface area contributed by atoms with Crippen LogP contribution < -0.4 is 0 Å². The quantitative estimate of drug-likeness (QED) is 0.820. The van der Waals surface area contributed by atoms with Crippen LogP contribution in [0.1, 0.15) is 49.7 Å². The Kier molecular flexibility index (Phi) is 5.46. The molecule has 0 N–H and O–H groups in total. The fourth-order valence-corrected chi connectivity index (χ4v) is 4.93. The minimum absolute atomic E-state index is 0.370. The topological polar surface area (TPSA) is 20.3 Å². The molecule has 1 aliphatic heterocycles. The number of piperidine rings is 1. The van der Waals surface area contributed by atoms with Gasteiger partial charge in [-0.05, 0) is 44.1 Å². The Balaban J connectivity index is 1.50. The summed E-state index contributed by atoms with van der Waals surface area (Å²) in [6, 6.07) is 9.15. The molecule has 120 valence electrons. The van der Waals surface area contributed by atoms with Gasteiger partial charge >= 0.3 is 0 Å². The zero-order valence-corrected chi connectivity index (χ0v) is 14.4. The number of thioether (sulfide) groups is 1. The average molecular weight is 317 g/mol. The van der Waals surface area contributed by atoms with Crippen molar-refractivity contribution in [2.24, 2.45) is 5.92 Å². The summed E-state index contributed by atoms with van der Waals surface area (Å²) in [5.41, 5.74) is 2.62. The molecule has 1 amide bonds. The molecule has 3 heteroatoms. The number of hydrogen-bond donors (Lipinski definition) is 0. The van der Waals surface area contributed by atoms with Crippen LogP contribution in [0.25, 0.3) is 0 Å². The van der Waals surface area contributed by atoms with Crippen LogP contribution in [-0.2, 0) is 10.5 Å². The van der Waals surface area contributed by atoms with E-state index in [2.05, 4.69) is 36.1 Å². The van der Waals surface area contributed by atoms with Gasteiger partial charge in [0.05, 0.1) is 5.75 Å². The van der Waals surface area contributed by atoms with Crippen molar-refractivity contribution < 1.29 is 4.79 Å². The van der Waals surface area contributed by atoms with Gasteiger partial charge in [-0.2, -0.15) is 0 Å². The maximum absolute atomic E-state index is 12.6. The molecule has 2 unspecified atom stereocenters. The fraction of sp³-hybridized carbons (Fsp3) is 0.632. The standard InChI is InChI=1S/C19H27NOS/c1-15-6-4-7-16(12-15)13-22-14-19(21)20-11-5-9-17-8-2-3-10-18(17)20/h4,6-7,12,17-18H,2-3,5,8-11,13-14H2,1H3. The molecule has 0 radical (unpaired) electrons. The van der Waals surface area contributed by atoms with E-state index >= 15 is 0 Å². The van der Waals surface area contributed by atoms with Crippen molar-refractivity contribution >= 4 is 17.7 Å². The van der Waals surface area contributed by atoms with Crippen LogP contribution in [0, 0.1) is 12.8 Å². The summed E-state index contributed by atoms with van der Waals surface area (Å²) in [4.78, 5) is 14.8.